The van der Waals surface area contributed by atoms with Crippen molar-refractivity contribution in [3.05, 3.63) is 29.8 Å². The first-order valence-corrected chi connectivity index (χ1v) is 9.01. The van der Waals surface area contributed by atoms with E-state index in [1.807, 2.05) is 12.1 Å². The lowest BCUT2D eigenvalue weighted by molar-refractivity contribution is -0.117. The minimum absolute atomic E-state index is 0.0297. The molecule has 0 radical (unpaired) electrons. The standard InChI is InChI=1S/C19H26N2O3/c22-13-15-6-2-1-3-9-17(15)20-19(24)14-7-4-8-16(12-14)21-11-5-10-18(21)23/h4,7-8,12,15,17,22H,1-3,5-6,9-11,13H2,(H,20,24)/t15-,17-/m0/s1. The molecule has 3 rings (SSSR count). The fourth-order valence-electron chi connectivity index (χ4n) is 3.78. The van der Waals surface area contributed by atoms with Gasteiger partial charge in [0.25, 0.3) is 5.91 Å². The molecule has 1 saturated heterocycles. The van der Waals surface area contributed by atoms with Gasteiger partial charge in [-0.05, 0) is 37.5 Å². The van der Waals surface area contributed by atoms with Gasteiger partial charge in [0.2, 0.25) is 5.91 Å². The van der Waals surface area contributed by atoms with Gasteiger partial charge in [-0.2, -0.15) is 0 Å². The number of hydrogen-bond acceptors (Lipinski definition) is 3. The predicted octanol–water partition coefficient (Wildman–Crippen LogP) is 2.48. The summed E-state index contributed by atoms with van der Waals surface area (Å²) < 4.78 is 0. The second kappa shape index (κ2) is 7.79. The van der Waals surface area contributed by atoms with Gasteiger partial charge in [-0.1, -0.05) is 25.3 Å². The maximum Gasteiger partial charge on any atom is 0.251 e. The van der Waals surface area contributed by atoms with Gasteiger partial charge in [0.15, 0.2) is 0 Å². The Morgan fingerprint density at radius 2 is 2.04 bits per heavy atom. The molecule has 0 bridgehead atoms. The van der Waals surface area contributed by atoms with Gasteiger partial charge >= 0.3 is 0 Å². The molecule has 1 saturated carbocycles. The van der Waals surface area contributed by atoms with Crippen LogP contribution in [-0.2, 0) is 4.79 Å². The summed E-state index contributed by atoms with van der Waals surface area (Å²) in [4.78, 5) is 26.3. The molecule has 5 heteroatoms. The summed E-state index contributed by atoms with van der Waals surface area (Å²) >= 11 is 0. The van der Waals surface area contributed by atoms with E-state index in [0.717, 1.165) is 50.8 Å². The van der Waals surface area contributed by atoms with Crippen LogP contribution in [0.3, 0.4) is 0 Å². The molecule has 0 spiro atoms. The van der Waals surface area contributed by atoms with Crippen molar-refractivity contribution in [2.45, 2.75) is 51.0 Å². The number of aliphatic hydroxyl groups is 1. The average Bonchev–Trinajstić information content (AvgIpc) is 2.90. The van der Waals surface area contributed by atoms with E-state index in [9.17, 15) is 14.7 Å². The van der Waals surface area contributed by atoms with Crippen molar-refractivity contribution in [3.63, 3.8) is 0 Å². The summed E-state index contributed by atoms with van der Waals surface area (Å²) in [5.41, 5.74) is 1.37. The maximum absolute atomic E-state index is 12.6. The summed E-state index contributed by atoms with van der Waals surface area (Å²) in [6, 6.07) is 7.31. The number of nitrogens with one attached hydrogen (secondary N) is 1. The average molecular weight is 330 g/mol. The molecule has 5 nitrogen and oxygen atoms in total. The highest BCUT2D eigenvalue weighted by molar-refractivity contribution is 5.99. The predicted molar refractivity (Wildman–Crippen MR) is 92.9 cm³/mol. The van der Waals surface area contributed by atoms with Gasteiger partial charge in [-0.25, -0.2) is 0 Å². The van der Waals surface area contributed by atoms with Crippen molar-refractivity contribution in [2.75, 3.05) is 18.1 Å². The lowest BCUT2D eigenvalue weighted by Gasteiger charge is -2.25. The summed E-state index contributed by atoms with van der Waals surface area (Å²) in [6.45, 7) is 0.840. The van der Waals surface area contributed by atoms with Crippen molar-refractivity contribution < 1.29 is 14.7 Å². The zero-order valence-corrected chi connectivity index (χ0v) is 14.0. The summed E-state index contributed by atoms with van der Waals surface area (Å²) in [5, 5.41) is 12.7. The van der Waals surface area contributed by atoms with Gasteiger partial charge in [0.1, 0.15) is 0 Å². The second-order valence-electron chi connectivity index (χ2n) is 6.86. The van der Waals surface area contributed by atoms with Crippen molar-refractivity contribution >= 4 is 17.5 Å². The zero-order chi connectivity index (χ0) is 16.9. The molecule has 1 heterocycles. The summed E-state index contributed by atoms with van der Waals surface area (Å²) in [5.74, 6) is 0.144. The van der Waals surface area contributed by atoms with Crippen LogP contribution in [-0.4, -0.2) is 36.1 Å². The van der Waals surface area contributed by atoms with Crippen molar-refractivity contribution in [1.29, 1.82) is 0 Å². The highest BCUT2D eigenvalue weighted by Crippen LogP contribution is 2.25. The number of nitrogens with zero attached hydrogens (tertiary/aromatic N) is 1. The van der Waals surface area contributed by atoms with E-state index >= 15 is 0 Å². The SMILES string of the molecule is O=C(N[C@H]1CCCCC[C@H]1CO)c1cccc(N2CCCC2=O)c1. The van der Waals surface area contributed by atoms with Crippen LogP contribution >= 0.6 is 0 Å². The van der Waals surface area contributed by atoms with E-state index in [4.69, 9.17) is 0 Å². The van der Waals surface area contributed by atoms with E-state index in [2.05, 4.69) is 5.32 Å². The molecule has 2 aliphatic rings. The fourth-order valence-corrected chi connectivity index (χ4v) is 3.78. The molecule has 1 aliphatic carbocycles. The number of benzene rings is 1. The van der Waals surface area contributed by atoms with Crippen LogP contribution in [0.5, 0.6) is 0 Å². The molecule has 2 fully saturated rings. The molecule has 130 valence electrons. The smallest absolute Gasteiger partial charge is 0.251 e. The third-order valence-corrected chi connectivity index (χ3v) is 5.20. The minimum Gasteiger partial charge on any atom is -0.396 e. The molecule has 2 amide bonds. The van der Waals surface area contributed by atoms with E-state index in [0.29, 0.717) is 12.0 Å². The van der Waals surface area contributed by atoms with Crippen LogP contribution in [0.2, 0.25) is 0 Å². The van der Waals surface area contributed by atoms with E-state index in [-0.39, 0.29) is 30.4 Å². The largest absolute Gasteiger partial charge is 0.396 e. The molecule has 1 aromatic carbocycles. The normalized spacial score (nSPS) is 24.7. The molecule has 0 unspecified atom stereocenters. The maximum atomic E-state index is 12.6. The number of rotatable bonds is 4. The number of aliphatic hydroxyl groups excluding tert-OH is 1. The first-order chi connectivity index (χ1) is 11.7. The third-order valence-electron chi connectivity index (χ3n) is 5.20. The summed E-state index contributed by atoms with van der Waals surface area (Å²) in [7, 11) is 0. The number of anilines is 1. The third kappa shape index (κ3) is 3.78. The minimum atomic E-state index is -0.117. The van der Waals surface area contributed by atoms with Crippen LogP contribution in [0.25, 0.3) is 0 Å². The molecule has 1 aliphatic heterocycles. The van der Waals surface area contributed by atoms with E-state index in [1.165, 1.54) is 0 Å². The van der Waals surface area contributed by atoms with E-state index in [1.54, 1.807) is 17.0 Å². The molecular formula is C19H26N2O3. The van der Waals surface area contributed by atoms with Crippen LogP contribution in [0.1, 0.15) is 55.3 Å². The lowest BCUT2D eigenvalue weighted by Crippen LogP contribution is -2.41. The Hall–Kier alpha value is -1.88. The monoisotopic (exact) mass is 330 g/mol. The van der Waals surface area contributed by atoms with Crippen LogP contribution in [0, 0.1) is 5.92 Å². The van der Waals surface area contributed by atoms with Gasteiger partial charge in [0, 0.05) is 42.8 Å². The Balaban J connectivity index is 1.71. The van der Waals surface area contributed by atoms with Gasteiger partial charge in [0.05, 0.1) is 0 Å². The number of amides is 2. The van der Waals surface area contributed by atoms with Gasteiger partial charge < -0.3 is 15.3 Å². The van der Waals surface area contributed by atoms with Crippen LogP contribution < -0.4 is 10.2 Å². The van der Waals surface area contributed by atoms with Crippen molar-refractivity contribution in [1.82, 2.24) is 5.32 Å². The molecule has 2 atom stereocenters. The number of hydrogen-bond donors (Lipinski definition) is 2. The van der Waals surface area contributed by atoms with Gasteiger partial charge in [-0.15, -0.1) is 0 Å². The van der Waals surface area contributed by atoms with Gasteiger partial charge in [-0.3, -0.25) is 9.59 Å². The Bertz CT molecular complexity index is 602. The molecule has 2 N–H and O–H groups in total. The molecular weight excluding hydrogens is 304 g/mol. The highest BCUT2D eigenvalue weighted by Gasteiger charge is 2.26. The Labute approximate surface area is 143 Å². The highest BCUT2D eigenvalue weighted by atomic mass is 16.3. The number of carbonyl (C=O) groups is 2. The van der Waals surface area contributed by atoms with Crippen LogP contribution in [0.4, 0.5) is 5.69 Å². The number of carbonyl (C=O) groups excluding carboxylic acids is 2. The van der Waals surface area contributed by atoms with Crippen molar-refractivity contribution in [2.24, 2.45) is 5.92 Å². The van der Waals surface area contributed by atoms with Crippen molar-refractivity contribution in [3.8, 4) is 0 Å². The molecule has 24 heavy (non-hydrogen) atoms. The molecule has 1 aromatic rings. The Kier molecular flexibility index (Phi) is 5.51. The topological polar surface area (TPSA) is 69.6 Å². The Morgan fingerprint density at radius 3 is 2.79 bits per heavy atom. The molecule has 0 aromatic heterocycles. The zero-order valence-electron chi connectivity index (χ0n) is 14.0. The first-order valence-electron chi connectivity index (χ1n) is 9.01. The second-order valence-corrected chi connectivity index (χ2v) is 6.86. The first kappa shape index (κ1) is 17.0. The Morgan fingerprint density at radius 1 is 1.21 bits per heavy atom. The van der Waals surface area contributed by atoms with Crippen LogP contribution in [0.15, 0.2) is 24.3 Å². The van der Waals surface area contributed by atoms with E-state index < -0.39 is 0 Å². The lowest BCUT2D eigenvalue weighted by atomic mass is 9.95. The summed E-state index contributed by atoms with van der Waals surface area (Å²) in [6.07, 6.45) is 6.70. The fraction of sp³-hybridized carbons (Fsp3) is 0.579. The quantitative estimate of drug-likeness (QED) is 0.833.